The molecular weight excluding hydrogens is 284 g/mol. The highest BCUT2D eigenvalue weighted by Gasteiger charge is 2.23. The number of rotatable bonds is 5. The topological polar surface area (TPSA) is 55.6 Å². The molecule has 1 amide bonds. The summed E-state index contributed by atoms with van der Waals surface area (Å²) in [5, 5.41) is 2.01. The number of para-hydroxylation sites is 1. The van der Waals surface area contributed by atoms with Crippen molar-refractivity contribution in [1.29, 1.82) is 0 Å². The average molecular weight is 304 g/mol. The van der Waals surface area contributed by atoms with E-state index in [1.165, 1.54) is 7.11 Å². The van der Waals surface area contributed by atoms with Crippen LogP contribution in [0.2, 0.25) is 0 Å². The van der Waals surface area contributed by atoms with Gasteiger partial charge in [-0.3, -0.25) is 4.79 Å². The van der Waals surface area contributed by atoms with Crippen molar-refractivity contribution in [1.82, 2.24) is 4.90 Å². The molecule has 112 valence electrons. The zero-order valence-corrected chi connectivity index (χ0v) is 13.3. The first-order valence-corrected chi connectivity index (χ1v) is 7.68. The molecule has 1 heterocycles. The van der Waals surface area contributed by atoms with Gasteiger partial charge in [0.1, 0.15) is 0 Å². The zero-order valence-electron chi connectivity index (χ0n) is 12.5. The largest absolute Gasteiger partial charge is 0.494 e. The Hall–Kier alpha value is -2.01. The maximum absolute atomic E-state index is 12.8. The third kappa shape index (κ3) is 3.36. The van der Waals surface area contributed by atoms with Crippen LogP contribution in [0.1, 0.15) is 29.1 Å². The summed E-state index contributed by atoms with van der Waals surface area (Å²) < 4.78 is 5.29. The lowest BCUT2D eigenvalue weighted by atomic mass is 10.1. The van der Waals surface area contributed by atoms with E-state index < -0.39 is 0 Å². The van der Waals surface area contributed by atoms with Crippen LogP contribution in [0, 0.1) is 0 Å². The van der Waals surface area contributed by atoms with Crippen molar-refractivity contribution in [2.75, 3.05) is 12.8 Å². The van der Waals surface area contributed by atoms with E-state index in [4.69, 9.17) is 10.5 Å². The second kappa shape index (κ2) is 6.63. The zero-order chi connectivity index (χ0) is 15.4. The number of nitrogen functional groups attached to an aromatic ring is 1. The fraction of sp³-hybridized carbons (Fsp3) is 0.312. The van der Waals surface area contributed by atoms with Crippen molar-refractivity contribution in [2.24, 2.45) is 0 Å². The summed E-state index contributed by atoms with van der Waals surface area (Å²) in [7, 11) is 1.53. The van der Waals surface area contributed by atoms with Gasteiger partial charge in [-0.1, -0.05) is 12.1 Å². The number of carbonyl (C=O) groups is 1. The molecule has 0 radical (unpaired) electrons. The van der Waals surface area contributed by atoms with Crippen molar-refractivity contribution in [3.8, 4) is 5.75 Å². The van der Waals surface area contributed by atoms with Gasteiger partial charge >= 0.3 is 0 Å². The SMILES string of the molecule is COc1c(N)cccc1C(=O)N(Cc1cccs1)C(C)C. The summed E-state index contributed by atoms with van der Waals surface area (Å²) in [6.45, 7) is 4.60. The predicted molar refractivity (Wildman–Crippen MR) is 86.7 cm³/mol. The Bertz CT molecular complexity index is 609. The van der Waals surface area contributed by atoms with Crippen molar-refractivity contribution < 1.29 is 9.53 Å². The van der Waals surface area contributed by atoms with Crippen molar-refractivity contribution in [2.45, 2.75) is 26.4 Å². The molecule has 2 N–H and O–H groups in total. The Morgan fingerprint density at radius 1 is 1.33 bits per heavy atom. The number of amides is 1. The van der Waals surface area contributed by atoms with Gasteiger partial charge in [-0.2, -0.15) is 0 Å². The van der Waals surface area contributed by atoms with E-state index in [2.05, 4.69) is 0 Å². The molecule has 2 rings (SSSR count). The fourth-order valence-corrected chi connectivity index (χ4v) is 2.87. The van der Waals surface area contributed by atoms with Crippen LogP contribution in [-0.4, -0.2) is 24.0 Å². The number of carbonyl (C=O) groups excluding carboxylic acids is 1. The van der Waals surface area contributed by atoms with Crippen LogP contribution in [0.25, 0.3) is 0 Å². The van der Waals surface area contributed by atoms with E-state index in [1.54, 1.807) is 29.5 Å². The van der Waals surface area contributed by atoms with Crippen LogP contribution in [0.5, 0.6) is 5.75 Å². The molecule has 0 saturated heterocycles. The second-order valence-corrected chi connectivity index (χ2v) is 6.07. The summed E-state index contributed by atoms with van der Waals surface area (Å²) in [4.78, 5) is 15.8. The third-order valence-corrected chi connectivity index (χ3v) is 4.13. The molecule has 0 atom stereocenters. The van der Waals surface area contributed by atoms with Crippen LogP contribution >= 0.6 is 11.3 Å². The van der Waals surface area contributed by atoms with E-state index in [-0.39, 0.29) is 11.9 Å². The maximum Gasteiger partial charge on any atom is 0.258 e. The van der Waals surface area contributed by atoms with Gasteiger partial charge in [0.05, 0.1) is 24.9 Å². The quantitative estimate of drug-likeness (QED) is 0.861. The lowest BCUT2D eigenvalue weighted by Crippen LogP contribution is -2.36. The molecule has 2 aromatic rings. The van der Waals surface area contributed by atoms with E-state index in [1.807, 2.05) is 36.3 Å². The smallest absolute Gasteiger partial charge is 0.258 e. The highest BCUT2D eigenvalue weighted by Crippen LogP contribution is 2.28. The molecule has 0 aliphatic heterocycles. The van der Waals surface area contributed by atoms with Crippen molar-refractivity contribution >= 4 is 22.9 Å². The molecular formula is C16H20N2O2S. The number of hydrogen-bond acceptors (Lipinski definition) is 4. The Morgan fingerprint density at radius 3 is 2.67 bits per heavy atom. The number of ether oxygens (including phenoxy) is 1. The van der Waals surface area contributed by atoms with Crippen molar-refractivity contribution in [3.05, 3.63) is 46.2 Å². The van der Waals surface area contributed by atoms with Gasteiger partial charge in [0.2, 0.25) is 0 Å². The van der Waals surface area contributed by atoms with Crippen LogP contribution in [0.4, 0.5) is 5.69 Å². The number of hydrogen-bond donors (Lipinski definition) is 1. The van der Waals surface area contributed by atoms with E-state index in [9.17, 15) is 4.79 Å². The predicted octanol–water partition coefficient (Wildman–Crippen LogP) is 3.39. The minimum Gasteiger partial charge on any atom is -0.494 e. The Kier molecular flexibility index (Phi) is 4.85. The lowest BCUT2D eigenvalue weighted by molar-refractivity contribution is 0.0689. The number of methoxy groups -OCH3 is 1. The van der Waals surface area contributed by atoms with Crippen LogP contribution < -0.4 is 10.5 Å². The number of nitrogens with zero attached hydrogens (tertiary/aromatic N) is 1. The standard InChI is InChI=1S/C16H20N2O2S/c1-11(2)18(10-12-6-5-9-21-12)16(19)13-7-4-8-14(17)15(13)20-3/h4-9,11H,10,17H2,1-3H3. The highest BCUT2D eigenvalue weighted by molar-refractivity contribution is 7.09. The molecule has 0 unspecified atom stereocenters. The molecule has 0 spiro atoms. The minimum absolute atomic E-state index is 0.0671. The first-order valence-electron chi connectivity index (χ1n) is 6.80. The number of benzene rings is 1. The van der Waals surface area contributed by atoms with Crippen LogP contribution in [0.15, 0.2) is 35.7 Å². The monoisotopic (exact) mass is 304 g/mol. The number of nitrogens with two attached hydrogens (primary N) is 1. The van der Waals surface area contributed by atoms with Gasteiger partial charge < -0.3 is 15.4 Å². The van der Waals surface area contributed by atoms with E-state index in [0.29, 0.717) is 23.5 Å². The van der Waals surface area contributed by atoms with E-state index >= 15 is 0 Å². The number of thiophene rings is 1. The van der Waals surface area contributed by atoms with Crippen LogP contribution in [0.3, 0.4) is 0 Å². The van der Waals surface area contributed by atoms with Gasteiger partial charge in [-0.15, -0.1) is 11.3 Å². The molecule has 21 heavy (non-hydrogen) atoms. The van der Waals surface area contributed by atoms with Crippen LogP contribution in [-0.2, 0) is 6.54 Å². The lowest BCUT2D eigenvalue weighted by Gasteiger charge is -2.27. The molecule has 0 bridgehead atoms. The fourth-order valence-electron chi connectivity index (χ4n) is 2.17. The van der Waals surface area contributed by atoms with Gasteiger partial charge in [-0.05, 0) is 37.4 Å². The molecule has 4 nitrogen and oxygen atoms in total. The van der Waals surface area contributed by atoms with Gasteiger partial charge in [0, 0.05) is 10.9 Å². The van der Waals surface area contributed by atoms with E-state index in [0.717, 1.165) is 4.88 Å². The molecule has 5 heteroatoms. The van der Waals surface area contributed by atoms with Crippen molar-refractivity contribution in [3.63, 3.8) is 0 Å². The Morgan fingerprint density at radius 2 is 2.10 bits per heavy atom. The molecule has 0 saturated carbocycles. The summed E-state index contributed by atoms with van der Waals surface area (Å²) in [6.07, 6.45) is 0. The summed E-state index contributed by atoms with van der Waals surface area (Å²) in [5.41, 5.74) is 6.87. The third-order valence-electron chi connectivity index (χ3n) is 3.27. The summed E-state index contributed by atoms with van der Waals surface area (Å²) in [5.74, 6) is 0.377. The first-order chi connectivity index (χ1) is 10.0. The second-order valence-electron chi connectivity index (χ2n) is 5.03. The normalized spacial score (nSPS) is 10.7. The molecule has 0 aliphatic rings. The van der Waals surface area contributed by atoms with Gasteiger partial charge in [0.15, 0.2) is 5.75 Å². The number of anilines is 1. The molecule has 0 fully saturated rings. The molecule has 1 aromatic heterocycles. The average Bonchev–Trinajstić information content (AvgIpc) is 2.96. The minimum atomic E-state index is -0.0671. The van der Waals surface area contributed by atoms with Gasteiger partial charge in [-0.25, -0.2) is 0 Å². The highest BCUT2D eigenvalue weighted by atomic mass is 32.1. The van der Waals surface area contributed by atoms with Gasteiger partial charge in [0.25, 0.3) is 5.91 Å². The first kappa shape index (κ1) is 15.4. The Balaban J connectivity index is 2.33. The molecule has 0 aliphatic carbocycles. The Labute approximate surface area is 129 Å². The maximum atomic E-state index is 12.8. The summed E-state index contributed by atoms with van der Waals surface area (Å²) >= 11 is 1.64. The molecule has 1 aromatic carbocycles. The summed E-state index contributed by atoms with van der Waals surface area (Å²) in [6, 6.07) is 9.37.